The van der Waals surface area contributed by atoms with Crippen LogP contribution in [0.5, 0.6) is 0 Å². The molecule has 2 N–H and O–H groups in total. The largest absolute Gasteiger partial charge is 0.462 e. The summed E-state index contributed by atoms with van der Waals surface area (Å²) in [6.07, 6.45) is 0. The van der Waals surface area contributed by atoms with Gasteiger partial charge in [-0.05, 0) is 33.6 Å². The van der Waals surface area contributed by atoms with Gasteiger partial charge >= 0.3 is 11.9 Å². The molecule has 1 fully saturated rings. The summed E-state index contributed by atoms with van der Waals surface area (Å²) in [6, 6.07) is 22.0. The molecule has 3 aromatic rings. The first-order valence-corrected chi connectivity index (χ1v) is 13.0. The third kappa shape index (κ3) is 10.3. The van der Waals surface area contributed by atoms with E-state index in [1.165, 1.54) is 6.92 Å². The maximum absolute atomic E-state index is 12.1. The molecule has 8 nitrogen and oxygen atoms in total. The number of morpholine rings is 1. The third-order valence-corrected chi connectivity index (χ3v) is 6.30. The van der Waals surface area contributed by atoms with Crippen LogP contribution in [0.15, 0.2) is 77.3 Å². The number of ketones is 1. The highest BCUT2D eigenvalue weighted by Gasteiger charge is 2.17. The minimum atomic E-state index is -0.480. The number of carbonyl (C=O) groups excluding carboxylic acids is 3. The maximum Gasteiger partial charge on any atom is 0.338 e. The fourth-order valence-electron chi connectivity index (χ4n) is 3.67. The Hall–Kier alpha value is -3.53. The van der Waals surface area contributed by atoms with Crippen LogP contribution in [0.4, 0.5) is 5.69 Å². The molecule has 0 spiro atoms. The van der Waals surface area contributed by atoms with Crippen molar-refractivity contribution in [3.63, 3.8) is 0 Å². The lowest BCUT2D eigenvalue weighted by Crippen LogP contribution is -2.35. The van der Waals surface area contributed by atoms with Gasteiger partial charge in [-0.3, -0.25) is 14.5 Å². The van der Waals surface area contributed by atoms with E-state index in [2.05, 4.69) is 20.8 Å². The minimum absolute atomic E-state index is 0. The predicted molar refractivity (Wildman–Crippen MR) is 155 cm³/mol. The van der Waals surface area contributed by atoms with Gasteiger partial charge in [0, 0.05) is 42.2 Å². The zero-order valence-electron chi connectivity index (χ0n) is 21.2. The minimum Gasteiger partial charge on any atom is -0.462 e. The molecule has 1 saturated heterocycles. The zero-order valence-corrected chi connectivity index (χ0v) is 22.8. The Morgan fingerprint density at radius 3 is 1.95 bits per heavy atom. The monoisotopic (exact) mass is 598 g/mol. The van der Waals surface area contributed by atoms with E-state index in [1.54, 1.807) is 12.1 Å². The fourth-order valence-corrected chi connectivity index (χ4v) is 4.17. The van der Waals surface area contributed by atoms with Gasteiger partial charge in [0.05, 0.1) is 24.5 Å². The van der Waals surface area contributed by atoms with E-state index < -0.39 is 11.9 Å². The van der Waals surface area contributed by atoms with Crippen LogP contribution in [0.3, 0.4) is 0 Å². The molecule has 0 saturated carbocycles. The van der Waals surface area contributed by atoms with Crippen LogP contribution < -0.4 is 5.73 Å². The Labute approximate surface area is 238 Å². The first-order chi connectivity index (χ1) is 18.3. The van der Waals surface area contributed by atoms with E-state index in [0.29, 0.717) is 35.5 Å². The molecule has 0 atom stereocenters. The molecule has 0 radical (unpaired) electrons. The van der Waals surface area contributed by atoms with Crippen molar-refractivity contribution in [3.8, 4) is 0 Å². The Morgan fingerprint density at radius 1 is 0.872 bits per heavy atom. The summed E-state index contributed by atoms with van der Waals surface area (Å²) in [5.74, 6) is -0.814. The second-order valence-corrected chi connectivity index (χ2v) is 9.31. The summed E-state index contributed by atoms with van der Waals surface area (Å²) in [5.41, 5.74) is 9.45. The number of nitrogen functional groups attached to an aromatic ring is 1. The number of rotatable bonds is 8. The lowest BCUT2D eigenvalue weighted by molar-refractivity contribution is -0.142. The van der Waals surface area contributed by atoms with Crippen molar-refractivity contribution in [3.05, 3.63) is 99.5 Å². The number of hydrogen-bond donors (Lipinski definition) is 1. The Bertz CT molecular complexity index is 1170. The van der Waals surface area contributed by atoms with Crippen molar-refractivity contribution >= 4 is 39.3 Å². The lowest BCUT2D eigenvalue weighted by Gasteiger charge is -2.27. The van der Waals surface area contributed by atoms with Crippen LogP contribution in [0, 0.1) is 0 Å². The van der Waals surface area contributed by atoms with Gasteiger partial charge in [0.15, 0.2) is 5.78 Å². The number of nitrogens with zero attached hydrogens (tertiary/aromatic N) is 1. The molecular weight excluding hydrogens is 564 g/mol. The summed E-state index contributed by atoms with van der Waals surface area (Å²) < 4.78 is 15.8. The normalized spacial score (nSPS) is 12.8. The van der Waals surface area contributed by atoms with Gasteiger partial charge < -0.3 is 19.9 Å². The number of benzene rings is 3. The summed E-state index contributed by atoms with van der Waals surface area (Å²) in [6.45, 7) is 5.04. The fraction of sp³-hybridized carbons (Fsp3) is 0.300. The third-order valence-electron chi connectivity index (χ3n) is 5.64. The molecule has 4 rings (SSSR count). The van der Waals surface area contributed by atoms with Crippen molar-refractivity contribution in [1.29, 1.82) is 0 Å². The predicted octanol–water partition coefficient (Wildman–Crippen LogP) is 5.14. The molecule has 1 heterocycles. The second kappa shape index (κ2) is 16.4. The molecule has 1 aliphatic rings. The first-order valence-electron chi connectivity index (χ1n) is 12.2. The number of anilines is 1. The molecule has 9 heteroatoms. The van der Waals surface area contributed by atoms with E-state index in [9.17, 15) is 14.4 Å². The number of carbonyl (C=O) groups is 3. The van der Waals surface area contributed by atoms with Gasteiger partial charge in [0.2, 0.25) is 0 Å². The highest BCUT2D eigenvalue weighted by molar-refractivity contribution is 9.10. The number of halogens is 1. The van der Waals surface area contributed by atoms with Gasteiger partial charge in [0.1, 0.15) is 13.2 Å². The highest BCUT2D eigenvalue weighted by Crippen LogP contribution is 2.27. The van der Waals surface area contributed by atoms with Crippen LogP contribution in [-0.4, -0.2) is 62.1 Å². The van der Waals surface area contributed by atoms with E-state index in [1.807, 2.05) is 60.7 Å². The molecular formula is C30H35BrN2O6. The quantitative estimate of drug-likeness (QED) is 0.164. The Kier molecular flexibility index (Phi) is 13.4. The van der Waals surface area contributed by atoms with Crippen molar-refractivity contribution in [2.24, 2.45) is 0 Å². The van der Waals surface area contributed by atoms with E-state index in [4.69, 9.17) is 19.9 Å². The zero-order chi connectivity index (χ0) is 27.3. The Morgan fingerprint density at radius 2 is 1.41 bits per heavy atom. The van der Waals surface area contributed by atoms with Crippen LogP contribution >= 0.6 is 15.9 Å². The SMILES string of the molecule is C.CC(=O)OCCOC(=O)c1cc(Br)c(N)c(CN2CCOCC2)c1.O=C(c1ccccc1)c1ccccc1. The maximum atomic E-state index is 12.1. The molecule has 0 aliphatic carbocycles. The summed E-state index contributed by atoms with van der Waals surface area (Å²) in [5, 5.41) is 0. The lowest BCUT2D eigenvalue weighted by atomic mass is 10.0. The first kappa shape index (κ1) is 31.7. The van der Waals surface area contributed by atoms with Crippen LogP contribution in [-0.2, 0) is 25.5 Å². The van der Waals surface area contributed by atoms with Crippen molar-refractivity contribution in [2.75, 3.05) is 45.3 Å². The van der Waals surface area contributed by atoms with Gasteiger partial charge in [-0.2, -0.15) is 0 Å². The molecule has 0 unspecified atom stereocenters. The van der Waals surface area contributed by atoms with Gasteiger partial charge in [-0.1, -0.05) is 68.1 Å². The van der Waals surface area contributed by atoms with Crippen LogP contribution in [0.25, 0.3) is 0 Å². The average Bonchev–Trinajstić information content (AvgIpc) is 2.94. The summed E-state index contributed by atoms with van der Waals surface area (Å²) in [7, 11) is 0. The van der Waals surface area contributed by atoms with E-state index in [-0.39, 0.29) is 26.4 Å². The average molecular weight is 600 g/mol. The van der Waals surface area contributed by atoms with Gasteiger partial charge in [0.25, 0.3) is 0 Å². The van der Waals surface area contributed by atoms with E-state index >= 15 is 0 Å². The molecule has 0 aromatic heterocycles. The standard InChI is InChI=1S/C16H21BrN2O5.C13H10O.CH4/c1-11(20)23-6-7-24-16(21)12-8-13(15(18)14(17)9-12)10-19-2-4-22-5-3-19;14-13(11-7-3-1-4-8-11)12-9-5-2-6-10-12;/h8-9H,2-7,10,18H2,1H3;1-10H;1H4. The van der Waals surface area contributed by atoms with Crippen LogP contribution in [0.2, 0.25) is 0 Å². The molecule has 1 aliphatic heterocycles. The van der Waals surface area contributed by atoms with Crippen molar-refractivity contribution in [2.45, 2.75) is 20.9 Å². The van der Waals surface area contributed by atoms with E-state index in [0.717, 1.165) is 29.8 Å². The number of esters is 2. The highest BCUT2D eigenvalue weighted by atomic mass is 79.9. The summed E-state index contributed by atoms with van der Waals surface area (Å²) in [4.78, 5) is 36.9. The van der Waals surface area contributed by atoms with Gasteiger partial charge in [-0.25, -0.2) is 4.79 Å². The van der Waals surface area contributed by atoms with Gasteiger partial charge in [-0.15, -0.1) is 0 Å². The smallest absolute Gasteiger partial charge is 0.338 e. The molecule has 3 aromatic carbocycles. The van der Waals surface area contributed by atoms with Crippen molar-refractivity contribution in [1.82, 2.24) is 4.90 Å². The Balaban J connectivity index is 0.000000302. The summed E-state index contributed by atoms with van der Waals surface area (Å²) >= 11 is 3.39. The molecule has 0 bridgehead atoms. The molecule has 39 heavy (non-hydrogen) atoms. The van der Waals surface area contributed by atoms with Crippen molar-refractivity contribution < 1.29 is 28.6 Å². The number of ether oxygens (including phenoxy) is 3. The second-order valence-electron chi connectivity index (χ2n) is 8.46. The molecule has 0 amide bonds. The van der Waals surface area contributed by atoms with Crippen LogP contribution in [0.1, 0.15) is 46.2 Å². The number of hydrogen-bond acceptors (Lipinski definition) is 8. The molecule has 208 valence electrons. The number of nitrogens with two attached hydrogens (primary N) is 1. The topological polar surface area (TPSA) is 108 Å².